The number of nitrogens with zero attached hydrogens (tertiary/aromatic N) is 1. The first-order valence-electron chi connectivity index (χ1n) is 8.34. The summed E-state index contributed by atoms with van der Waals surface area (Å²) in [6, 6.07) is 2.74. The van der Waals surface area contributed by atoms with E-state index in [0.29, 0.717) is 22.9 Å². The fourth-order valence-corrected chi connectivity index (χ4v) is 3.34. The van der Waals surface area contributed by atoms with Gasteiger partial charge in [-0.05, 0) is 30.7 Å². The molecule has 6 nitrogen and oxygen atoms in total. The molecule has 2 atom stereocenters. The predicted molar refractivity (Wildman–Crippen MR) is 99.8 cm³/mol. The molecule has 0 radical (unpaired) electrons. The van der Waals surface area contributed by atoms with E-state index in [9.17, 15) is 15.0 Å². The van der Waals surface area contributed by atoms with Crippen LogP contribution >= 0.6 is 11.8 Å². The van der Waals surface area contributed by atoms with Gasteiger partial charge in [0.25, 0.3) is 0 Å². The van der Waals surface area contributed by atoms with Crippen LogP contribution < -0.4 is 5.73 Å². The number of rotatable bonds is 9. The summed E-state index contributed by atoms with van der Waals surface area (Å²) in [6.45, 7) is 4.30. The van der Waals surface area contributed by atoms with Crippen molar-refractivity contribution in [2.45, 2.75) is 44.8 Å². The number of hydrogen-bond donors (Lipinski definition) is 3. The fraction of sp³-hybridized carbons (Fsp3) is 0.556. The molecule has 4 N–H and O–H groups in total. The number of aryl methyl sites for hydroxylation is 1. The number of nitrogens with two attached hydrogens (primary N) is 1. The molecule has 0 bridgehead atoms. The first kappa shape index (κ1) is 19.8. The maximum atomic E-state index is 11.7. The average Bonchev–Trinajstić information content (AvgIpc) is 2.97. The number of aliphatic carboxylic acids is 1. The Labute approximate surface area is 151 Å². The van der Waals surface area contributed by atoms with E-state index in [4.69, 9.17) is 10.2 Å². The lowest BCUT2D eigenvalue weighted by atomic mass is 9.89. The lowest BCUT2D eigenvalue weighted by Crippen LogP contribution is -2.57. The van der Waals surface area contributed by atoms with Crippen molar-refractivity contribution in [1.82, 2.24) is 4.98 Å². The van der Waals surface area contributed by atoms with Crippen molar-refractivity contribution in [3.05, 3.63) is 29.8 Å². The smallest absolute Gasteiger partial charge is 0.337 e. The zero-order valence-corrected chi connectivity index (χ0v) is 15.7. The SMILES string of the molecule is CSCC(N)[C@](O)(Cc1nccc2oc(CCC(C)C)cc12)C(=O)O. The lowest BCUT2D eigenvalue weighted by Gasteiger charge is -2.29. The summed E-state index contributed by atoms with van der Waals surface area (Å²) in [7, 11) is 0. The molecule has 2 aromatic heterocycles. The van der Waals surface area contributed by atoms with Crippen molar-refractivity contribution in [3.8, 4) is 0 Å². The van der Waals surface area contributed by atoms with Gasteiger partial charge in [-0.2, -0.15) is 11.8 Å². The number of aliphatic hydroxyl groups is 1. The third kappa shape index (κ3) is 4.54. The van der Waals surface area contributed by atoms with Crippen LogP contribution in [0, 0.1) is 5.92 Å². The second-order valence-electron chi connectivity index (χ2n) is 6.78. The highest BCUT2D eigenvalue weighted by Crippen LogP contribution is 2.27. The van der Waals surface area contributed by atoms with Gasteiger partial charge in [-0.25, -0.2) is 4.79 Å². The van der Waals surface area contributed by atoms with Crippen LogP contribution in [0.25, 0.3) is 11.0 Å². The molecule has 138 valence electrons. The molecule has 0 aromatic carbocycles. The molecule has 0 spiro atoms. The van der Waals surface area contributed by atoms with Gasteiger partial charge in [0.05, 0.1) is 11.7 Å². The van der Waals surface area contributed by atoms with Gasteiger partial charge in [0.2, 0.25) is 0 Å². The Bertz CT molecular complexity index is 731. The van der Waals surface area contributed by atoms with Crippen molar-refractivity contribution in [2.24, 2.45) is 11.7 Å². The normalized spacial score (nSPS) is 15.4. The predicted octanol–water partition coefficient (Wildman–Crippen LogP) is 2.46. The maximum absolute atomic E-state index is 11.7. The molecule has 0 aliphatic rings. The number of carboxylic acid groups (broad SMARTS) is 1. The molecule has 1 unspecified atom stereocenters. The van der Waals surface area contributed by atoms with Crippen molar-refractivity contribution in [3.63, 3.8) is 0 Å². The van der Waals surface area contributed by atoms with E-state index in [-0.39, 0.29) is 6.42 Å². The van der Waals surface area contributed by atoms with E-state index in [0.717, 1.165) is 24.0 Å². The maximum Gasteiger partial charge on any atom is 0.337 e. The molecule has 0 amide bonds. The van der Waals surface area contributed by atoms with E-state index in [1.54, 1.807) is 12.3 Å². The van der Waals surface area contributed by atoms with E-state index in [1.165, 1.54) is 11.8 Å². The Kier molecular flexibility index (Phi) is 6.48. The number of carbonyl (C=O) groups is 1. The zero-order valence-electron chi connectivity index (χ0n) is 14.9. The Morgan fingerprint density at radius 3 is 2.80 bits per heavy atom. The first-order valence-corrected chi connectivity index (χ1v) is 9.74. The second kappa shape index (κ2) is 8.21. The minimum Gasteiger partial charge on any atom is -0.479 e. The minimum absolute atomic E-state index is 0.162. The summed E-state index contributed by atoms with van der Waals surface area (Å²) in [4.78, 5) is 15.9. The molecular formula is C18H26N2O4S. The molecule has 0 aliphatic heterocycles. The summed E-state index contributed by atoms with van der Waals surface area (Å²) < 4.78 is 5.84. The van der Waals surface area contributed by atoms with Crippen molar-refractivity contribution < 1.29 is 19.4 Å². The number of carboxylic acids is 1. The van der Waals surface area contributed by atoms with Crippen LogP contribution in [0.3, 0.4) is 0 Å². The minimum atomic E-state index is -2.07. The Balaban J connectivity index is 2.34. The summed E-state index contributed by atoms with van der Waals surface area (Å²) in [6.07, 6.45) is 5.03. The van der Waals surface area contributed by atoms with Gasteiger partial charge < -0.3 is 20.4 Å². The lowest BCUT2D eigenvalue weighted by molar-refractivity contribution is -0.160. The third-order valence-corrected chi connectivity index (χ3v) is 5.01. The quantitative estimate of drug-likeness (QED) is 0.625. The number of hydrogen-bond acceptors (Lipinski definition) is 6. The summed E-state index contributed by atoms with van der Waals surface area (Å²) in [5, 5.41) is 20.9. The molecule has 7 heteroatoms. The van der Waals surface area contributed by atoms with Crippen molar-refractivity contribution >= 4 is 28.7 Å². The highest BCUT2D eigenvalue weighted by Gasteiger charge is 2.43. The molecule has 0 saturated heterocycles. The van der Waals surface area contributed by atoms with E-state index < -0.39 is 17.6 Å². The summed E-state index contributed by atoms with van der Waals surface area (Å²) >= 11 is 1.39. The van der Waals surface area contributed by atoms with E-state index >= 15 is 0 Å². The van der Waals surface area contributed by atoms with Crippen LogP contribution in [-0.2, 0) is 17.6 Å². The topological polar surface area (TPSA) is 110 Å². The van der Waals surface area contributed by atoms with E-state index in [1.807, 2.05) is 12.3 Å². The van der Waals surface area contributed by atoms with Crippen LogP contribution in [0.1, 0.15) is 31.7 Å². The van der Waals surface area contributed by atoms with Gasteiger partial charge in [-0.15, -0.1) is 0 Å². The van der Waals surface area contributed by atoms with Gasteiger partial charge >= 0.3 is 5.97 Å². The van der Waals surface area contributed by atoms with Crippen molar-refractivity contribution in [2.75, 3.05) is 12.0 Å². The van der Waals surface area contributed by atoms with Gasteiger partial charge in [0, 0.05) is 30.2 Å². The molecule has 0 saturated carbocycles. The van der Waals surface area contributed by atoms with Crippen LogP contribution in [-0.4, -0.2) is 44.8 Å². The average molecular weight is 366 g/mol. The number of furan rings is 1. The number of aromatic nitrogens is 1. The molecule has 2 aromatic rings. The van der Waals surface area contributed by atoms with Gasteiger partial charge in [0.15, 0.2) is 5.60 Å². The highest BCUT2D eigenvalue weighted by molar-refractivity contribution is 7.98. The Morgan fingerprint density at radius 1 is 1.48 bits per heavy atom. The fourth-order valence-electron chi connectivity index (χ4n) is 2.70. The zero-order chi connectivity index (χ0) is 18.6. The van der Waals surface area contributed by atoms with Crippen molar-refractivity contribution in [1.29, 1.82) is 0 Å². The van der Waals surface area contributed by atoms with E-state index in [2.05, 4.69) is 18.8 Å². The molecule has 25 heavy (non-hydrogen) atoms. The van der Waals surface area contributed by atoms with Crippen LogP contribution in [0.2, 0.25) is 0 Å². The number of pyridine rings is 1. The highest BCUT2D eigenvalue weighted by atomic mass is 32.2. The standard InChI is InChI=1S/C18H26N2O4S/c1-11(2)4-5-12-8-13-14(20-7-6-15(13)24-12)9-18(23,17(21)22)16(19)10-25-3/h6-8,11,16,23H,4-5,9-10,19H2,1-3H3,(H,21,22)/t16?,18-/m1/s1. The second-order valence-corrected chi connectivity index (χ2v) is 7.69. The third-order valence-electron chi connectivity index (χ3n) is 4.31. The largest absolute Gasteiger partial charge is 0.479 e. The Hall–Kier alpha value is -1.57. The van der Waals surface area contributed by atoms with Gasteiger partial charge in [-0.3, -0.25) is 4.98 Å². The summed E-state index contributed by atoms with van der Waals surface area (Å²) in [5.74, 6) is 0.401. The molecular weight excluding hydrogens is 340 g/mol. The molecule has 0 aliphatic carbocycles. The molecule has 0 fully saturated rings. The molecule has 2 heterocycles. The molecule has 2 rings (SSSR count). The Morgan fingerprint density at radius 2 is 2.20 bits per heavy atom. The van der Waals surface area contributed by atoms with Gasteiger partial charge in [-0.1, -0.05) is 13.8 Å². The number of fused-ring (bicyclic) bond motifs is 1. The summed E-state index contributed by atoms with van der Waals surface area (Å²) in [5.41, 5.74) is 5.00. The first-order chi connectivity index (χ1) is 11.8. The number of thioether (sulfide) groups is 1. The van der Waals surface area contributed by atoms with Crippen LogP contribution in [0.15, 0.2) is 22.7 Å². The van der Waals surface area contributed by atoms with Gasteiger partial charge in [0.1, 0.15) is 11.3 Å². The van der Waals surface area contributed by atoms with Crippen LogP contribution in [0.5, 0.6) is 0 Å². The monoisotopic (exact) mass is 366 g/mol. The van der Waals surface area contributed by atoms with Crippen LogP contribution in [0.4, 0.5) is 0 Å².